The highest BCUT2D eigenvalue weighted by Gasteiger charge is 2.10. The van der Waals surface area contributed by atoms with Crippen LogP contribution in [-0.4, -0.2) is 37.2 Å². The summed E-state index contributed by atoms with van der Waals surface area (Å²) in [5, 5.41) is 4.01. The van der Waals surface area contributed by atoms with E-state index in [9.17, 15) is 4.79 Å². The van der Waals surface area contributed by atoms with E-state index in [2.05, 4.69) is 15.2 Å². The lowest BCUT2D eigenvalue weighted by atomic mass is 10.1. The molecule has 4 rings (SSSR count). The molecule has 26 heavy (non-hydrogen) atoms. The molecule has 0 spiro atoms. The zero-order valence-corrected chi connectivity index (χ0v) is 14.4. The molecule has 1 aliphatic rings. The average molecular weight is 347 g/mol. The highest BCUT2D eigenvalue weighted by Crippen LogP contribution is 2.20. The summed E-state index contributed by atoms with van der Waals surface area (Å²) in [4.78, 5) is 17.7. The number of aromatic nitrogens is 1. The van der Waals surface area contributed by atoms with Crippen molar-refractivity contribution in [2.45, 2.75) is 0 Å². The monoisotopic (exact) mass is 347 g/mol. The normalized spacial score (nSPS) is 14.8. The van der Waals surface area contributed by atoms with Gasteiger partial charge in [0, 0.05) is 47.6 Å². The average Bonchev–Trinajstić information content (AvgIpc) is 3.11. The first kappa shape index (κ1) is 16.4. The number of fused-ring (bicyclic) bond motifs is 1. The maximum absolute atomic E-state index is 12.2. The number of amides is 1. The van der Waals surface area contributed by atoms with Crippen LogP contribution in [0.2, 0.25) is 0 Å². The number of ether oxygens (including phenoxy) is 1. The van der Waals surface area contributed by atoms with E-state index in [1.165, 1.54) is 0 Å². The molecule has 1 fully saturated rings. The molecule has 2 aromatic carbocycles. The number of hydrogen-bond donors (Lipinski definition) is 2. The van der Waals surface area contributed by atoms with Crippen LogP contribution in [0.15, 0.2) is 60.8 Å². The molecule has 1 aromatic heterocycles. The van der Waals surface area contributed by atoms with Gasteiger partial charge in [-0.3, -0.25) is 4.79 Å². The molecule has 0 radical (unpaired) electrons. The van der Waals surface area contributed by atoms with Gasteiger partial charge < -0.3 is 19.9 Å². The van der Waals surface area contributed by atoms with Crippen LogP contribution in [-0.2, 0) is 9.53 Å². The van der Waals surface area contributed by atoms with Crippen molar-refractivity contribution in [1.82, 2.24) is 4.98 Å². The number of anilines is 2. The van der Waals surface area contributed by atoms with Crippen molar-refractivity contribution in [3.63, 3.8) is 0 Å². The summed E-state index contributed by atoms with van der Waals surface area (Å²) in [6, 6.07) is 16.0. The summed E-state index contributed by atoms with van der Waals surface area (Å²) >= 11 is 0. The molecule has 0 unspecified atom stereocenters. The van der Waals surface area contributed by atoms with Gasteiger partial charge >= 0.3 is 0 Å². The second-order valence-electron chi connectivity index (χ2n) is 6.26. The third-order valence-corrected chi connectivity index (χ3v) is 4.55. The maximum atomic E-state index is 12.2. The molecule has 0 atom stereocenters. The second kappa shape index (κ2) is 7.45. The van der Waals surface area contributed by atoms with Crippen LogP contribution in [0.5, 0.6) is 0 Å². The number of para-hydroxylation sites is 1. The Bertz CT molecular complexity index is 922. The number of morpholine rings is 1. The summed E-state index contributed by atoms with van der Waals surface area (Å²) in [7, 11) is 0. The van der Waals surface area contributed by atoms with Gasteiger partial charge in [0.25, 0.3) is 0 Å². The molecular weight excluding hydrogens is 326 g/mol. The van der Waals surface area contributed by atoms with Gasteiger partial charge in [-0.05, 0) is 42.0 Å². The van der Waals surface area contributed by atoms with Crippen molar-refractivity contribution < 1.29 is 9.53 Å². The van der Waals surface area contributed by atoms with E-state index in [0.717, 1.165) is 54.1 Å². The maximum Gasteiger partial charge on any atom is 0.248 e. The molecule has 5 heteroatoms. The topological polar surface area (TPSA) is 57.4 Å². The number of aromatic amines is 1. The van der Waals surface area contributed by atoms with Crippen LogP contribution in [0.1, 0.15) is 5.56 Å². The van der Waals surface area contributed by atoms with Gasteiger partial charge in [-0.25, -0.2) is 0 Å². The molecule has 0 bridgehead atoms. The summed E-state index contributed by atoms with van der Waals surface area (Å²) < 4.78 is 5.37. The molecule has 2 heterocycles. The van der Waals surface area contributed by atoms with E-state index in [-0.39, 0.29) is 5.91 Å². The van der Waals surface area contributed by atoms with E-state index in [1.807, 2.05) is 60.8 Å². The molecule has 2 N–H and O–H groups in total. The van der Waals surface area contributed by atoms with Crippen LogP contribution >= 0.6 is 0 Å². The Morgan fingerprint density at radius 1 is 1.08 bits per heavy atom. The number of nitrogens with one attached hydrogen (secondary N) is 2. The van der Waals surface area contributed by atoms with E-state index in [1.54, 1.807) is 6.08 Å². The van der Waals surface area contributed by atoms with Crippen LogP contribution in [0, 0.1) is 0 Å². The van der Waals surface area contributed by atoms with Crippen LogP contribution in [0.3, 0.4) is 0 Å². The van der Waals surface area contributed by atoms with Crippen LogP contribution in [0.25, 0.3) is 17.0 Å². The minimum Gasteiger partial charge on any atom is -0.378 e. The lowest BCUT2D eigenvalue weighted by Crippen LogP contribution is -2.36. The van der Waals surface area contributed by atoms with Crippen LogP contribution in [0.4, 0.5) is 11.4 Å². The second-order valence-corrected chi connectivity index (χ2v) is 6.26. The van der Waals surface area contributed by atoms with E-state index < -0.39 is 0 Å². The number of nitrogens with zero attached hydrogens (tertiary/aromatic N) is 1. The fraction of sp³-hybridized carbons (Fsp3) is 0.190. The lowest BCUT2D eigenvalue weighted by molar-refractivity contribution is -0.111. The third kappa shape index (κ3) is 3.63. The first-order chi connectivity index (χ1) is 12.8. The molecule has 1 amide bonds. The minimum absolute atomic E-state index is 0.144. The van der Waals surface area contributed by atoms with Gasteiger partial charge in [-0.1, -0.05) is 18.2 Å². The van der Waals surface area contributed by atoms with Gasteiger partial charge in [-0.15, -0.1) is 0 Å². The number of rotatable bonds is 4. The standard InChI is InChI=1S/C21H21N3O2/c25-21(10-5-16-15-22-20-4-2-1-3-19(16)20)23-17-6-8-18(9-7-17)24-11-13-26-14-12-24/h1-10,15,22H,11-14H2,(H,23,25). The molecule has 132 valence electrons. The highest BCUT2D eigenvalue weighted by atomic mass is 16.5. The quantitative estimate of drug-likeness (QED) is 0.708. The van der Waals surface area contributed by atoms with Crippen molar-refractivity contribution >= 4 is 34.3 Å². The Labute approximate surface area is 152 Å². The lowest BCUT2D eigenvalue weighted by Gasteiger charge is -2.28. The minimum atomic E-state index is -0.144. The Hall–Kier alpha value is -3.05. The Balaban J connectivity index is 1.40. The first-order valence-electron chi connectivity index (χ1n) is 8.77. The van der Waals surface area contributed by atoms with Crippen molar-refractivity contribution in [3.8, 4) is 0 Å². The Kier molecular flexibility index (Phi) is 4.71. The van der Waals surface area contributed by atoms with Crippen LogP contribution < -0.4 is 10.2 Å². The Morgan fingerprint density at radius 3 is 2.65 bits per heavy atom. The van der Waals surface area contributed by atoms with Crippen molar-refractivity contribution in [2.75, 3.05) is 36.5 Å². The zero-order valence-electron chi connectivity index (χ0n) is 14.4. The third-order valence-electron chi connectivity index (χ3n) is 4.55. The highest BCUT2D eigenvalue weighted by molar-refractivity contribution is 6.03. The predicted molar refractivity (Wildman–Crippen MR) is 105 cm³/mol. The van der Waals surface area contributed by atoms with Gasteiger partial charge in [-0.2, -0.15) is 0 Å². The zero-order chi connectivity index (χ0) is 17.8. The predicted octanol–water partition coefficient (Wildman–Crippen LogP) is 3.66. The summed E-state index contributed by atoms with van der Waals surface area (Å²) in [6.07, 6.45) is 5.30. The molecule has 0 aliphatic carbocycles. The van der Waals surface area contributed by atoms with E-state index >= 15 is 0 Å². The van der Waals surface area contributed by atoms with Gasteiger partial charge in [0.05, 0.1) is 13.2 Å². The molecular formula is C21H21N3O2. The summed E-state index contributed by atoms with van der Waals surface area (Å²) in [6.45, 7) is 3.33. The number of carbonyl (C=O) groups is 1. The van der Waals surface area contributed by atoms with Crippen molar-refractivity contribution in [2.24, 2.45) is 0 Å². The first-order valence-corrected chi connectivity index (χ1v) is 8.77. The summed E-state index contributed by atoms with van der Waals surface area (Å²) in [5.74, 6) is -0.144. The number of benzene rings is 2. The van der Waals surface area contributed by atoms with Gasteiger partial charge in [0.1, 0.15) is 0 Å². The van der Waals surface area contributed by atoms with Crippen molar-refractivity contribution in [3.05, 3.63) is 66.4 Å². The van der Waals surface area contributed by atoms with Gasteiger partial charge in [0.15, 0.2) is 0 Å². The Morgan fingerprint density at radius 2 is 1.85 bits per heavy atom. The van der Waals surface area contributed by atoms with Crippen molar-refractivity contribution in [1.29, 1.82) is 0 Å². The molecule has 1 aliphatic heterocycles. The molecule has 5 nitrogen and oxygen atoms in total. The molecule has 3 aromatic rings. The molecule has 0 saturated carbocycles. The number of H-pyrrole nitrogens is 1. The fourth-order valence-electron chi connectivity index (χ4n) is 3.16. The fourth-order valence-corrected chi connectivity index (χ4v) is 3.16. The smallest absolute Gasteiger partial charge is 0.248 e. The largest absolute Gasteiger partial charge is 0.378 e. The van der Waals surface area contributed by atoms with E-state index in [0.29, 0.717) is 0 Å². The summed E-state index contributed by atoms with van der Waals surface area (Å²) in [5.41, 5.74) is 4.00. The van der Waals surface area contributed by atoms with E-state index in [4.69, 9.17) is 4.74 Å². The SMILES string of the molecule is O=C(C=Cc1c[nH]c2ccccc12)Nc1ccc(N2CCOCC2)cc1. The number of carbonyl (C=O) groups excluding carboxylic acids is 1. The molecule has 1 saturated heterocycles. The van der Waals surface area contributed by atoms with Gasteiger partial charge in [0.2, 0.25) is 5.91 Å². The number of hydrogen-bond acceptors (Lipinski definition) is 3.